The quantitative estimate of drug-likeness (QED) is 0.252. The molecule has 1 aromatic heterocycles. The summed E-state index contributed by atoms with van der Waals surface area (Å²) in [7, 11) is 0. The second kappa shape index (κ2) is 11.0. The fourth-order valence-corrected chi connectivity index (χ4v) is 3.43. The number of ether oxygens (including phenoxy) is 2. The lowest BCUT2D eigenvalue weighted by Crippen LogP contribution is -2.09. The second-order valence-corrected chi connectivity index (χ2v) is 7.46. The molecule has 35 heavy (non-hydrogen) atoms. The van der Waals surface area contributed by atoms with Crippen LogP contribution in [0.5, 0.6) is 5.75 Å². The second-order valence-electron chi connectivity index (χ2n) is 7.46. The van der Waals surface area contributed by atoms with Crippen molar-refractivity contribution < 1.29 is 28.6 Å². The largest absolute Gasteiger partial charge is 0.482 e. The van der Waals surface area contributed by atoms with Gasteiger partial charge in [0.25, 0.3) is 0 Å². The lowest BCUT2D eigenvalue weighted by Gasteiger charge is -2.06. The summed E-state index contributed by atoms with van der Waals surface area (Å²) in [5.41, 5.74) is 2.98. The number of benzene rings is 3. The van der Waals surface area contributed by atoms with Gasteiger partial charge in [-0.2, -0.15) is 0 Å². The summed E-state index contributed by atoms with van der Waals surface area (Å²) in [5.74, 6) is -0.685. The zero-order valence-electron chi connectivity index (χ0n) is 19.0. The lowest BCUT2D eigenvalue weighted by molar-refractivity contribution is -0.139. The number of carbonyl (C=O) groups is 2. The van der Waals surface area contributed by atoms with Crippen molar-refractivity contribution in [1.29, 1.82) is 0 Å². The Morgan fingerprint density at radius 1 is 0.943 bits per heavy atom. The molecule has 0 radical (unpaired) electrons. The first-order valence-corrected chi connectivity index (χ1v) is 11.0. The minimum absolute atomic E-state index is 0.109. The Morgan fingerprint density at radius 3 is 2.29 bits per heavy atom. The molecule has 0 fully saturated rings. The Balaban J connectivity index is 1.82. The number of carboxylic acid groups (broad SMARTS) is 1. The number of rotatable bonds is 9. The zero-order chi connectivity index (χ0) is 24.6. The van der Waals surface area contributed by atoms with Gasteiger partial charge in [-0.3, -0.25) is 0 Å². The molecule has 176 valence electrons. The van der Waals surface area contributed by atoms with E-state index in [0.717, 1.165) is 11.1 Å². The number of aliphatic carboxylic acids is 1. The van der Waals surface area contributed by atoms with Gasteiger partial charge in [-0.25, -0.2) is 14.6 Å². The topological polar surface area (TPSA) is 98.9 Å². The van der Waals surface area contributed by atoms with Crippen LogP contribution in [0.15, 0.2) is 89.3 Å². The molecule has 0 aliphatic heterocycles. The van der Waals surface area contributed by atoms with Gasteiger partial charge in [0.05, 0.1) is 6.61 Å². The number of carbonyl (C=O) groups excluding carboxylic acids is 1. The van der Waals surface area contributed by atoms with Crippen LogP contribution in [0.2, 0.25) is 0 Å². The Labute approximate surface area is 202 Å². The van der Waals surface area contributed by atoms with Crippen LogP contribution in [0.1, 0.15) is 18.4 Å². The molecule has 0 unspecified atom stereocenters. The van der Waals surface area contributed by atoms with E-state index in [1.165, 1.54) is 0 Å². The molecule has 4 aromatic rings. The average molecular weight is 469 g/mol. The van der Waals surface area contributed by atoms with Crippen molar-refractivity contribution in [2.45, 2.75) is 6.92 Å². The predicted molar refractivity (Wildman–Crippen MR) is 131 cm³/mol. The third-order valence-electron chi connectivity index (χ3n) is 4.97. The molecule has 0 aliphatic carbocycles. The molecule has 1 heterocycles. The van der Waals surface area contributed by atoms with Crippen LogP contribution in [0, 0.1) is 0 Å². The molecule has 0 atom stereocenters. The Hall–Kier alpha value is -4.65. The zero-order valence-corrected chi connectivity index (χ0v) is 19.0. The summed E-state index contributed by atoms with van der Waals surface area (Å²) in [5, 5.41) is 8.87. The Kier molecular flexibility index (Phi) is 7.37. The standard InChI is InChI=1S/C28H23NO6/c1-2-33-28(32)23(17-19-10-9-15-22(16-19)34-18-24(30)31)27-29-25(20-11-5-3-6-12-20)26(35-27)21-13-7-4-8-14-21/h3-17H,2,18H2,1H3,(H,30,31)/b23-17+. The number of aromatic nitrogens is 1. The molecule has 0 aliphatic rings. The van der Waals surface area contributed by atoms with Crippen molar-refractivity contribution in [1.82, 2.24) is 4.98 Å². The van der Waals surface area contributed by atoms with E-state index in [1.54, 1.807) is 37.3 Å². The third-order valence-corrected chi connectivity index (χ3v) is 4.97. The van der Waals surface area contributed by atoms with E-state index in [2.05, 4.69) is 0 Å². The smallest absolute Gasteiger partial charge is 0.343 e. The molecule has 0 saturated carbocycles. The van der Waals surface area contributed by atoms with Crippen LogP contribution in [-0.4, -0.2) is 35.2 Å². The number of esters is 1. The highest BCUT2D eigenvalue weighted by Crippen LogP contribution is 2.35. The fraction of sp³-hybridized carbons (Fsp3) is 0.107. The summed E-state index contributed by atoms with van der Waals surface area (Å²) < 4.78 is 16.7. The van der Waals surface area contributed by atoms with E-state index in [9.17, 15) is 9.59 Å². The minimum atomic E-state index is -1.08. The molecule has 1 N–H and O–H groups in total. The van der Waals surface area contributed by atoms with E-state index in [1.807, 2.05) is 60.7 Å². The average Bonchev–Trinajstić information content (AvgIpc) is 3.33. The van der Waals surface area contributed by atoms with E-state index in [-0.39, 0.29) is 18.1 Å². The van der Waals surface area contributed by atoms with E-state index in [4.69, 9.17) is 24.0 Å². The number of carboxylic acids is 1. The molecule has 0 amide bonds. The first kappa shape index (κ1) is 23.5. The van der Waals surface area contributed by atoms with Crippen molar-refractivity contribution in [3.63, 3.8) is 0 Å². The number of nitrogens with zero attached hydrogens (tertiary/aromatic N) is 1. The van der Waals surface area contributed by atoms with Gasteiger partial charge in [-0.1, -0.05) is 72.8 Å². The maximum Gasteiger partial charge on any atom is 0.343 e. The van der Waals surface area contributed by atoms with Crippen molar-refractivity contribution in [3.8, 4) is 28.3 Å². The Bertz CT molecular complexity index is 1290. The number of hydrogen-bond acceptors (Lipinski definition) is 6. The fourth-order valence-electron chi connectivity index (χ4n) is 3.43. The van der Waals surface area contributed by atoms with Crippen molar-refractivity contribution in [2.75, 3.05) is 13.2 Å². The van der Waals surface area contributed by atoms with Gasteiger partial charge in [0.2, 0.25) is 5.89 Å². The Morgan fingerprint density at radius 2 is 1.63 bits per heavy atom. The van der Waals surface area contributed by atoms with E-state index < -0.39 is 18.5 Å². The van der Waals surface area contributed by atoms with Crippen molar-refractivity contribution in [2.24, 2.45) is 0 Å². The van der Waals surface area contributed by atoms with E-state index >= 15 is 0 Å². The summed E-state index contributed by atoms with van der Waals surface area (Å²) in [6.45, 7) is 1.42. The summed E-state index contributed by atoms with van der Waals surface area (Å²) in [6.07, 6.45) is 1.58. The van der Waals surface area contributed by atoms with Crippen LogP contribution in [0.3, 0.4) is 0 Å². The van der Waals surface area contributed by atoms with Gasteiger partial charge < -0.3 is 19.0 Å². The van der Waals surface area contributed by atoms with Crippen molar-refractivity contribution in [3.05, 3.63) is 96.4 Å². The normalized spacial score (nSPS) is 11.2. The summed E-state index contributed by atoms with van der Waals surface area (Å²) >= 11 is 0. The highest BCUT2D eigenvalue weighted by atomic mass is 16.5. The first-order valence-electron chi connectivity index (χ1n) is 11.0. The minimum Gasteiger partial charge on any atom is -0.482 e. The van der Waals surface area contributed by atoms with Gasteiger partial charge in [0, 0.05) is 11.1 Å². The highest BCUT2D eigenvalue weighted by Gasteiger charge is 2.24. The number of oxazole rings is 1. The monoisotopic (exact) mass is 469 g/mol. The van der Waals surface area contributed by atoms with Crippen molar-refractivity contribution >= 4 is 23.6 Å². The number of hydrogen-bond donors (Lipinski definition) is 1. The van der Waals surface area contributed by atoms with Gasteiger partial charge in [-0.05, 0) is 30.7 Å². The first-order chi connectivity index (χ1) is 17.0. The molecule has 0 bridgehead atoms. The molecule has 7 nitrogen and oxygen atoms in total. The maximum absolute atomic E-state index is 12.9. The van der Waals surface area contributed by atoms with Gasteiger partial charge in [0.1, 0.15) is 17.0 Å². The van der Waals surface area contributed by atoms with E-state index in [0.29, 0.717) is 22.8 Å². The van der Waals surface area contributed by atoms with Gasteiger partial charge >= 0.3 is 11.9 Å². The highest BCUT2D eigenvalue weighted by molar-refractivity contribution is 6.20. The SMILES string of the molecule is CCOC(=O)/C(=C/c1cccc(OCC(=O)O)c1)c1nc(-c2ccccc2)c(-c2ccccc2)o1. The summed E-state index contributed by atoms with van der Waals surface area (Å²) in [6, 6.07) is 25.8. The van der Waals surface area contributed by atoms with Gasteiger partial charge in [0.15, 0.2) is 12.4 Å². The third kappa shape index (κ3) is 5.83. The van der Waals surface area contributed by atoms with Crippen LogP contribution in [0.4, 0.5) is 0 Å². The predicted octanol–water partition coefficient (Wildman–Crippen LogP) is 5.58. The summed E-state index contributed by atoms with van der Waals surface area (Å²) in [4.78, 5) is 28.5. The van der Waals surface area contributed by atoms with Crippen LogP contribution in [0.25, 0.3) is 34.2 Å². The molecular weight excluding hydrogens is 446 g/mol. The molecule has 0 spiro atoms. The molecule has 0 saturated heterocycles. The maximum atomic E-state index is 12.9. The molecule has 7 heteroatoms. The molecular formula is C28H23NO6. The molecule has 3 aromatic carbocycles. The lowest BCUT2D eigenvalue weighted by atomic mass is 10.1. The molecule has 4 rings (SSSR count). The van der Waals surface area contributed by atoms with Crippen LogP contribution in [-0.2, 0) is 14.3 Å². The van der Waals surface area contributed by atoms with Crippen LogP contribution < -0.4 is 4.74 Å². The van der Waals surface area contributed by atoms with Gasteiger partial charge in [-0.15, -0.1) is 0 Å². The van der Waals surface area contributed by atoms with Crippen LogP contribution >= 0.6 is 0 Å².